The molecule has 1 fully saturated rings. The van der Waals surface area contributed by atoms with Crippen molar-refractivity contribution in [3.05, 3.63) is 24.3 Å². The summed E-state index contributed by atoms with van der Waals surface area (Å²) in [5.74, 6) is 0.787. The highest BCUT2D eigenvalue weighted by Crippen LogP contribution is 2.26. The highest BCUT2D eigenvalue weighted by molar-refractivity contribution is 6.19. The minimum atomic E-state index is -0.645. The zero-order chi connectivity index (χ0) is 16.3. The van der Waals surface area contributed by atoms with E-state index < -0.39 is 5.41 Å². The Morgan fingerprint density at radius 1 is 1.50 bits per heavy atom. The third kappa shape index (κ3) is 3.53. The number of methoxy groups -OCH3 is 1. The van der Waals surface area contributed by atoms with Crippen LogP contribution in [0.1, 0.15) is 20.3 Å². The molecule has 2 rings (SSSR count). The third-order valence-electron chi connectivity index (χ3n) is 3.77. The Bertz CT molecular complexity index is 574. The van der Waals surface area contributed by atoms with Gasteiger partial charge in [-0.25, -0.2) is 0 Å². The van der Waals surface area contributed by atoms with Gasteiger partial charge in [-0.05, 0) is 26.0 Å². The van der Waals surface area contributed by atoms with Crippen LogP contribution in [0.4, 0.5) is 5.69 Å². The van der Waals surface area contributed by atoms with Crippen molar-refractivity contribution >= 4 is 29.1 Å². The molecular weight excluding hydrogens is 304 g/mol. The van der Waals surface area contributed by atoms with Crippen molar-refractivity contribution in [2.75, 3.05) is 24.4 Å². The monoisotopic (exact) mass is 324 g/mol. The molecule has 1 aromatic carbocycles. The fourth-order valence-corrected chi connectivity index (χ4v) is 2.40. The SMILES string of the molecule is COc1cccc(N2CC(NC(=O)C(C)(C)CCl)CC2=O)c1. The molecule has 2 amide bonds. The first-order valence-corrected chi connectivity index (χ1v) is 7.72. The zero-order valence-electron chi connectivity index (χ0n) is 13.1. The predicted octanol–water partition coefficient (Wildman–Crippen LogP) is 2.18. The number of hydrogen-bond acceptors (Lipinski definition) is 3. The van der Waals surface area contributed by atoms with Crippen LogP contribution in [0.25, 0.3) is 0 Å². The van der Waals surface area contributed by atoms with Crippen LogP contribution in [0, 0.1) is 5.41 Å². The number of benzene rings is 1. The fourth-order valence-electron chi connectivity index (χ4n) is 2.27. The number of amides is 2. The Morgan fingerprint density at radius 2 is 2.23 bits per heavy atom. The lowest BCUT2D eigenvalue weighted by atomic mass is 9.95. The quantitative estimate of drug-likeness (QED) is 0.845. The molecule has 120 valence electrons. The van der Waals surface area contributed by atoms with Gasteiger partial charge in [-0.1, -0.05) is 6.07 Å². The van der Waals surface area contributed by atoms with E-state index in [1.54, 1.807) is 25.9 Å². The lowest BCUT2D eigenvalue weighted by molar-refractivity contribution is -0.128. The zero-order valence-corrected chi connectivity index (χ0v) is 13.8. The van der Waals surface area contributed by atoms with Crippen LogP contribution in [-0.2, 0) is 9.59 Å². The molecule has 5 nitrogen and oxygen atoms in total. The number of carbonyl (C=O) groups excluding carboxylic acids is 2. The highest BCUT2D eigenvalue weighted by atomic mass is 35.5. The Hall–Kier alpha value is -1.75. The average Bonchev–Trinajstić information content (AvgIpc) is 2.87. The second-order valence-electron chi connectivity index (χ2n) is 6.10. The first-order chi connectivity index (χ1) is 10.4. The summed E-state index contributed by atoms with van der Waals surface area (Å²) in [6, 6.07) is 7.13. The van der Waals surface area contributed by atoms with Crippen LogP contribution in [0.2, 0.25) is 0 Å². The van der Waals surface area contributed by atoms with Gasteiger partial charge in [-0.3, -0.25) is 9.59 Å². The summed E-state index contributed by atoms with van der Waals surface area (Å²) in [5.41, 5.74) is 0.131. The van der Waals surface area contributed by atoms with E-state index in [1.807, 2.05) is 24.3 Å². The molecule has 0 saturated carbocycles. The maximum atomic E-state index is 12.2. The number of nitrogens with zero attached hydrogens (tertiary/aromatic N) is 1. The average molecular weight is 325 g/mol. The second-order valence-corrected chi connectivity index (χ2v) is 6.37. The van der Waals surface area contributed by atoms with Crippen LogP contribution in [0.15, 0.2) is 24.3 Å². The molecule has 0 spiro atoms. The summed E-state index contributed by atoms with van der Waals surface area (Å²) in [5, 5.41) is 2.91. The van der Waals surface area contributed by atoms with E-state index in [2.05, 4.69) is 5.32 Å². The van der Waals surface area contributed by atoms with Gasteiger partial charge in [-0.15, -0.1) is 11.6 Å². The topological polar surface area (TPSA) is 58.6 Å². The summed E-state index contributed by atoms with van der Waals surface area (Å²) in [6.45, 7) is 4.02. The number of anilines is 1. The molecule has 0 radical (unpaired) electrons. The van der Waals surface area contributed by atoms with Crippen molar-refractivity contribution in [1.82, 2.24) is 5.32 Å². The summed E-state index contributed by atoms with van der Waals surface area (Å²) < 4.78 is 5.18. The molecular formula is C16H21ClN2O3. The van der Waals surface area contributed by atoms with Crippen molar-refractivity contribution in [2.24, 2.45) is 5.41 Å². The number of halogens is 1. The maximum absolute atomic E-state index is 12.2. The molecule has 1 aliphatic heterocycles. The molecule has 22 heavy (non-hydrogen) atoms. The summed E-state index contributed by atoms with van der Waals surface area (Å²) in [4.78, 5) is 26.0. The van der Waals surface area contributed by atoms with Crippen LogP contribution in [0.5, 0.6) is 5.75 Å². The standard InChI is InChI=1S/C16H21ClN2O3/c1-16(2,10-17)15(21)18-11-7-14(20)19(9-11)12-5-4-6-13(8-12)22-3/h4-6,8,11H,7,9-10H2,1-3H3,(H,18,21). The van der Waals surface area contributed by atoms with Gasteiger partial charge in [0.2, 0.25) is 11.8 Å². The number of alkyl halides is 1. The molecule has 1 aromatic rings. The molecule has 0 aromatic heterocycles. The smallest absolute Gasteiger partial charge is 0.229 e. The van der Waals surface area contributed by atoms with Gasteiger partial charge in [0.05, 0.1) is 18.6 Å². The highest BCUT2D eigenvalue weighted by Gasteiger charge is 2.35. The molecule has 1 N–H and O–H groups in total. The predicted molar refractivity (Wildman–Crippen MR) is 86.4 cm³/mol. The van der Waals surface area contributed by atoms with Crippen LogP contribution < -0.4 is 15.0 Å². The van der Waals surface area contributed by atoms with E-state index in [-0.39, 0.29) is 23.7 Å². The van der Waals surface area contributed by atoms with Crippen molar-refractivity contribution in [1.29, 1.82) is 0 Å². The summed E-state index contributed by atoms with van der Waals surface area (Å²) >= 11 is 5.81. The lowest BCUT2D eigenvalue weighted by Crippen LogP contribution is -2.44. The lowest BCUT2D eigenvalue weighted by Gasteiger charge is -2.23. The second kappa shape index (κ2) is 6.57. The van der Waals surface area contributed by atoms with E-state index in [0.717, 1.165) is 5.69 Å². The van der Waals surface area contributed by atoms with Gasteiger partial charge >= 0.3 is 0 Å². The normalized spacial score (nSPS) is 18.5. The Balaban J connectivity index is 2.06. The third-order valence-corrected chi connectivity index (χ3v) is 4.44. The van der Waals surface area contributed by atoms with Gasteiger partial charge in [0.1, 0.15) is 5.75 Å². The molecule has 0 bridgehead atoms. The number of carbonyl (C=O) groups is 2. The molecule has 1 atom stereocenters. The van der Waals surface area contributed by atoms with E-state index in [1.165, 1.54) is 0 Å². The largest absolute Gasteiger partial charge is 0.497 e. The van der Waals surface area contributed by atoms with Crippen molar-refractivity contribution in [2.45, 2.75) is 26.3 Å². The Morgan fingerprint density at radius 3 is 2.86 bits per heavy atom. The number of ether oxygens (including phenoxy) is 1. The van der Waals surface area contributed by atoms with Crippen molar-refractivity contribution in [3.8, 4) is 5.75 Å². The maximum Gasteiger partial charge on any atom is 0.229 e. The fraction of sp³-hybridized carbons (Fsp3) is 0.500. The van der Waals surface area contributed by atoms with Crippen molar-refractivity contribution < 1.29 is 14.3 Å². The number of nitrogens with one attached hydrogen (secondary N) is 1. The van der Waals surface area contributed by atoms with Gasteiger partial charge in [0, 0.05) is 30.6 Å². The van der Waals surface area contributed by atoms with Crippen LogP contribution >= 0.6 is 11.6 Å². The Labute approximate surface area is 135 Å². The van der Waals surface area contributed by atoms with Gasteiger partial charge in [-0.2, -0.15) is 0 Å². The summed E-state index contributed by atoms with van der Waals surface area (Å²) in [6.07, 6.45) is 0.293. The minimum Gasteiger partial charge on any atom is -0.497 e. The molecule has 6 heteroatoms. The first-order valence-electron chi connectivity index (χ1n) is 7.18. The number of hydrogen-bond donors (Lipinski definition) is 1. The molecule has 1 saturated heterocycles. The van der Waals surface area contributed by atoms with Crippen LogP contribution in [0.3, 0.4) is 0 Å². The van der Waals surface area contributed by atoms with E-state index in [9.17, 15) is 9.59 Å². The minimum absolute atomic E-state index is 0.0118. The van der Waals surface area contributed by atoms with E-state index >= 15 is 0 Å². The first kappa shape index (κ1) is 16.6. The van der Waals surface area contributed by atoms with Crippen molar-refractivity contribution in [3.63, 3.8) is 0 Å². The molecule has 1 unspecified atom stereocenters. The molecule has 1 heterocycles. The Kier molecular flexibility index (Phi) is 4.96. The van der Waals surface area contributed by atoms with E-state index in [4.69, 9.17) is 16.3 Å². The van der Waals surface area contributed by atoms with Gasteiger partial charge in [0.15, 0.2) is 0 Å². The molecule has 1 aliphatic rings. The van der Waals surface area contributed by atoms with Gasteiger partial charge < -0.3 is 15.0 Å². The summed E-state index contributed by atoms with van der Waals surface area (Å²) in [7, 11) is 1.59. The van der Waals surface area contributed by atoms with Crippen LogP contribution in [-0.4, -0.2) is 37.4 Å². The molecule has 0 aliphatic carbocycles. The van der Waals surface area contributed by atoms with Gasteiger partial charge in [0.25, 0.3) is 0 Å². The van der Waals surface area contributed by atoms with E-state index in [0.29, 0.717) is 18.7 Å². The number of rotatable bonds is 5.